The molecular weight excluding hydrogens is 318 g/mol. The Balaban J connectivity index is 1.95. The van der Waals surface area contributed by atoms with Crippen LogP contribution in [0.3, 0.4) is 0 Å². The smallest absolute Gasteiger partial charge is 0.326 e. The van der Waals surface area contributed by atoms with Gasteiger partial charge in [-0.15, -0.1) is 0 Å². The molecule has 1 aliphatic heterocycles. The van der Waals surface area contributed by atoms with Crippen molar-refractivity contribution in [2.24, 2.45) is 7.05 Å². The summed E-state index contributed by atoms with van der Waals surface area (Å²) in [7, 11) is 1.85. The number of carbonyl (C=O) groups excluding carboxylic acids is 1. The number of aromatic nitrogens is 2. The molecule has 25 heavy (non-hydrogen) atoms. The molecule has 6 nitrogen and oxygen atoms in total. The number of nitrogens with zero attached hydrogens (tertiary/aromatic N) is 3. The van der Waals surface area contributed by atoms with E-state index >= 15 is 0 Å². The third kappa shape index (κ3) is 2.92. The van der Waals surface area contributed by atoms with Gasteiger partial charge in [0.1, 0.15) is 6.04 Å². The number of carbonyl (C=O) groups is 2. The summed E-state index contributed by atoms with van der Waals surface area (Å²) < 4.78 is 1.76. The number of carboxylic acids is 1. The molecule has 1 aromatic heterocycles. The van der Waals surface area contributed by atoms with Crippen LogP contribution in [0, 0.1) is 13.8 Å². The van der Waals surface area contributed by atoms with Crippen molar-refractivity contribution in [1.82, 2.24) is 14.7 Å². The lowest BCUT2D eigenvalue weighted by molar-refractivity contribution is -0.152. The first-order valence-corrected chi connectivity index (χ1v) is 8.41. The molecule has 0 saturated heterocycles. The van der Waals surface area contributed by atoms with E-state index < -0.39 is 17.9 Å². The number of fused-ring (bicyclic) bond motifs is 1. The molecule has 2 atom stereocenters. The van der Waals surface area contributed by atoms with Crippen LogP contribution < -0.4 is 0 Å². The molecular formula is C19H23N3O3. The van der Waals surface area contributed by atoms with Crippen molar-refractivity contribution in [3.8, 4) is 0 Å². The monoisotopic (exact) mass is 341 g/mol. The highest BCUT2D eigenvalue weighted by Gasteiger charge is 2.37. The molecule has 0 saturated carbocycles. The van der Waals surface area contributed by atoms with Gasteiger partial charge in [-0.1, -0.05) is 24.3 Å². The van der Waals surface area contributed by atoms with Gasteiger partial charge in [-0.25, -0.2) is 4.79 Å². The van der Waals surface area contributed by atoms with Gasteiger partial charge in [-0.3, -0.25) is 9.48 Å². The van der Waals surface area contributed by atoms with E-state index in [1.165, 1.54) is 4.90 Å². The van der Waals surface area contributed by atoms with Gasteiger partial charge in [0.05, 0.1) is 11.6 Å². The fourth-order valence-corrected chi connectivity index (χ4v) is 3.76. The van der Waals surface area contributed by atoms with Crippen LogP contribution in [0.4, 0.5) is 0 Å². The van der Waals surface area contributed by atoms with Gasteiger partial charge in [0.15, 0.2) is 0 Å². The van der Waals surface area contributed by atoms with Crippen LogP contribution in [0.25, 0.3) is 0 Å². The molecule has 1 aromatic carbocycles. The molecule has 2 heterocycles. The van der Waals surface area contributed by atoms with E-state index in [9.17, 15) is 14.7 Å². The number of rotatable bonds is 3. The minimum absolute atomic E-state index is 0.166. The average molecular weight is 341 g/mol. The third-order valence-corrected chi connectivity index (χ3v) is 5.19. The van der Waals surface area contributed by atoms with Crippen molar-refractivity contribution in [1.29, 1.82) is 0 Å². The number of hydrogen-bond acceptors (Lipinski definition) is 3. The summed E-state index contributed by atoms with van der Waals surface area (Å²) in [5.41, 5.74) is 4.64. The Bertz CT molecular complexity index is 840. The molecule has 1 amide bonds. The zero-order valence-electron chi connectivity index (χ0n) is 15.0. The second kappa shape index (κ2) is 6.35. The lowest BCUT2D eigenvalue weighted by Gasteiger charge is -2.36. The first-order valence-electron chi connectivity index (χ1n) is 8.41. The zero-order valence-corrected chi connectivity index (χ0v) is 15.0. The topological polar surface area (TPSA) is 75.4 Å². The van der Waals surface area contributed by atoms with E-state index in [2.05, 4.69) is 5.10 Å². The van der Waals surface area contributed by atoms with Crippen LogP contribution in [-0.2, 0) is 29.6 Å². The van der Waals surface area contributed by atoms with E-state index in [-0.39, 0.29) is 5.91 Å². The van der Waals surface area contributed by atoms with E-state index in [0.29, 0.717) is 13.0 Å². The van der Waals surface area contributed by atoms with Crippen molar-refractivity contribution in [2.45, 2.75) is 45.7 Å². The molecule has 0 radical (unpaired) electrons. The van der Waals surface area contributed by atoms with Crippen LogP contribution in [0.15, 0.2) is 24.3 Å². The average Bonchev–Trinajstić information content (AvgIpc) is 2.84. The number of carboxylic acid groups (broad SMARTS) is 1. The number of benzene rings is 1. The second-order valence-electron chi connectivity index (χ2n) is 6.72. The highest BCUT2D eigenvalue weighted by atomic mass is 16.4. The first-order chi connectivity index (χ1) is 11.8. The highest BCUT2D eigenvalue weighted by molar-refractivity contribution is 5.89. The Morgan fingerprint density at radius 1 is 1.24 bits per heavy atom. The Kier molecular flexibility index (Phi) is 4.37. The maximum atomic E-state index is 13.2. The summed E-state index contributed by atoms with van der Waals surface area (Å²) in [5.74, 6) is -1.56. The van der Waals surface area contributed by atoms with Crippen LogP contribution in [-0.4, -0.2) is 37.7 Å². The molecule has 3 rings (SSSR count). The number of hydrogen-bond donors (Lipinski definition) is 1. The Morgan fingerprint density at radius 2 is 1.88 bits per heavy atom. The molecule has 1 N–H and O–H groups in total. The number of amides is 1. The summed E-state index contributed by atoms with van der Waals surface area (Å²) in [6, 6.07) is 6.88. The molecule has 0 bridgehead atoms. The minimum Gasteiger partial charge on any atom is -0.480 e. The van der Waals surface area contributed by atoms with Crippen molar-refractivity contribution < 1.29 is 14.7 Å². The lowest BCUT2D eigenvalue weighted by Crippen LogP contribution is -2.50. The number of aliphatic carboxylic acids is 1. The predicted molar refractivity (Wildman–Crippen MR) is 93.2 cm³/mol. The molecule has 0 fully saturated rings. The zero-order chi connectivity index (χ0) is 18.3. The molecule has 2 aromatic rings. The second-order valence-corrected chi connectivity index (χ2v) is 6.72. The summed E-state index contributed by atoms with van der Waals surface area (Å²) in [6.07, 6.45) is 0.342. The largest absolute Gasteiger partial charge is 0.480 e. The van der Waals surface area contributed by atoms with E-state index in [0.717, 1.165) is 28.1 Å². The van der Waals surface area contributed by atoms with Crippen molar-refractivity contribution in [3.63, 3.8) is 0 Å². The standard InChI is InChI=1S/C19H23N3O3/c1-11(17-12(2)20-21(4)13(17)3)18(23)22-10-15-8-6-5-7-14(15)9-16(22)19(24)25/h5-8,11,16H,9-10H2,1-4H3,(H,24,25)/t11-,16-/m1/s1. The van der Waals surface area contributed by atoms with Gasteiger partial charge in [0.2, 0.25) is 5.91 Å². The molecule has 6 heteroatoms. The SMILES string of the molecule is Cc1nn(C)c(C)c1[C@@H](C)C(=O)N1Cc2ccccc2C[C@@H]1C(=O)O. The molecule has 0 aliphatic carbocycles. The normalized spacial score (nSPS) is 17.9. The molecule has 0 spiro atoms. The lowest BCUT2D eigenvalue weighted by atomic mass is 9.91. The van der Waals surface area contributed by atoms with Crippen molar-refractivity contribution in [2.75, 3.05) is 0 Å². The Labute approximate surface area is 147 Å². The van der Waals surface area contributed by atoms with Crippen molar-refractivity contribution >= 4 is 11.9 Å². The fourth-order valence-electron chi connectivity index (χ4n) is 3.76. The maximum absolute atomic E-state index is 13.2. The summed E-state index contributed by atoms with van der Waals surface area (Å²) in [6.45, 7) is 5.97. The van der Waals surface area contributed by atoms with Gasteiger partial charge in [0.25, 0.3) is 0 Å². The molecule has 0 unspecified atom stereocenters. The van der Waals surface area contributed by atoms with E-state index in [1.54, 1.807) is 4.68 Å². The van der Waals surface area contributed by atoms with Gasteiger partial charge in [-0.05, 0) is 31.9 Å². The van der Waals surface area contributed by atoms with Gasteiger partial charge in [-0.2, -0.15) is 5.10 Å². The quantitative estimate of drug-likeness (QED) is 0.928. The Hall–Kier alpha value is -2.63. The minimum atomic E-state index is -0.963. The van der Waals surface area contributed by atoms with Gasteiger partial charge in [0, 0.05) is 31.3 Å². The van der Waals surface area contributed by atoms with Crippen LogP contribution >= 0.6 is 0 Å². The van der Waals surface area contributed by atoms with E-state index in [4.69, 9.17) is 0 Å². The van der Waals surface area contributed by atoms with Gasteiger partial charge >= 0.3 is 5.97 Å². The number of aryl methyl sites for hydroxylation is 2. The maximum Gasteiger partial charge on any atom is 0.326 e. The molecule has 1 aliphatic rings. The summed E-state index contributed by atoms with van der Waals surface area (Å²) in [5, 5.41) is 14.0. The highest BCUT2D eigenvalue weighted by Crippen LogP contribution is 2.30. The first kappa shape index (κ1) is 17.2. The van der Waals surface area contributed by atoms with E-state index in [1.807, 2.05) is 52.1 Å². The summed E-state index contributed by atoms with van der Waals surface area (Å²) in [4.78, 5) is 26.4. The molecule has 132 valence electrons. The predicted octanol–water partition coefficient (Wildman–Crippen LogP) is 2.18. The van der Waals surface area contributed by atoms with Crippen LogP contribution in [0.5, 0.6) is 0 Å². The van der Waals surface area contributed by atoms with Crippen LogP contribution in [0.1, 0.15) is 40.9 Å². The summed E-state index contributed by atoms with van der Waals surface area (Å²) >= 11 is 0. The fraction of sp³-hybridized carbons (Fsp3) is 0.421. The van der Waals surface area contributed by atoms with Crippen LogP contribution in [0.2, 0.25) is 0 Å². The van der Waals surface area contributed by atoms with Gasteiger partial charge < -0.3 is 10.0 Å². The third-order valence-electron chi connectivity index (χ3n) is 5.19. The van der Waals surface area contributed by atoms with Crippen molar-refractivity contribution in [3.05, 3.63) is 52.3 Å². The Morgan fingerprint density at radius 3 is 2.44 bits per heavy atom.